The van der Waals surface area contributed by atoms with Gasteiger partial charge in [0.2, 0.25) is 5.91 Å². The van der Waals surface area contributed by atoms with Crippen LogP contribution in [0.25, 0.3) is 0 Å². The largest absolute Gasteiger partial charge is 0.385 e. The molecule has 0 atom stereocenters. The predicted octanol–water partition coefficient (Wildman–Crippen LogP) is 0.0528. The molecule has 1 amide bonds. The lowest BCUT2D eigenvalue weighted by Gasteiger charge is -1.99. The number of rotatable bonds is 5. The van der Waals surface area contributed by atoms with Crippen LogP contribution >= 0.6 is 0 Å². The molecule has 0 aromatic carbocycles. The molecule has 0 unspecified atom stereocenters. The average molecular weight is 156 g/mol. The molecule has 0 aromatic heterocycles. The number of nitrogens with zero attached hydrogens (tertiary/aromatic N) is 1. The van der Waals surface area contributed by atoms with E-state index in [9.17, 15) is 4.79 Å². The topological polar surface area (TPSA) is 62.1 Å². The first-order valence-corrected chi connectivity index (χ1v) is 3.44. The summed E-state index contributed by atoms with van der Waals surface area (Å²) < 4.78 is 4.75. The maximum atomic E-state index is 10.8. The molecule has 0 saturated carbocycles. The first-order valence-electron chi connectivity index (χ1n) is 3.44. The van der Waals surface area contributed by atoms with E-state index in [4.69, 9.17) is 10.00 Å². The zero-order chi connectivity index (χ0) is 8.53. The van der Waals surface area contributed by atoms with Crippen LogP contribution in [0.3, 0.4) is 0 Å². The summed E-state index contributed by atoms with van der Waals surface area (Å²) in [6, 6.07) is 1.83. The van der Waals surface area contributed by atoms with E-state index < -0.39 is 0 Å². The Morgan fingerprint density at radius 1 is 1.73 bits per heavy atom. The second kappa shape index (κ2) is 7.03. The Kier molecular flexibility index (Phi) is 6.34. The maximum absolute atomic E-state index is 10.8. The van der Waals surface area contributed by atoms with Crippen molar-refractivity contribution in [2.45, 2.75) is 12.8 Å². The number of hydrogen-bond acceptors (Lipinski definition) is 3. The van der Waals surface area contributed by atoms with Gasteiger partial charge in [-0.15, -0.1) is 0 Å². The summed E-state index contributed by atoms with van der Waals surface area (Å²) in [6.45, 7) is 0.672. The van der Waals surface area contributed by atoms with Crippen LogP contribution in [0, 0.1) is 11.3 Å². The number of nitriles is 1. The highest BCUT2D eigenvalue weighted by Crippen LogP contribution is 1.87. The third-order valence-electron chi connectivity index (χ3n) is 1.12. The Labute approximate surface area is 66.1 Å². The molecule has 0 saturated heterocycles. The van der Waals surface area contributed by atoms with Crippen molar-refractivity contribution >= 4 is 5.91 Å². The van der Waals surface area contributed by atoms with Gasteiger partial charge in [0.05, 0.1) is 6.07 Å². The van der Waals surface area contributed by atoms with Crippen LogP contribution in [-0.2, 0) is 9.53 Å². The minimum absolute atomic E-state index is 0.0891. The Bertz CT molecular complexity index is 151. The van der Waals surface area contributed by atoms with Crippen LogP contribution in [0.2, 0.25) is 0 Å². The van der Waals surface area contributed by atoms with Gasteiger partial charge < -0.3 is 10.1 Å². The maximum Gasteiger partial charge on any atom is 0.220 e. The first-order chi connectivity index (χ1) is 5.31. The molecular formula is C7H12N2O2. The van der Waals surface area contributed by atoms with E-state index in [0.717, 1.165) is 0 Å². The number of methoxy groups -OCH3 is 1. The van der Waals surface area contributed by atoms with Crippen LogP contribution in [0.4, 0.5) is 0 Å². The smallest absolute Gasteiger partial charge is 0.220 e. The molecule has 0 fully saturated rings. The zero-order valence-electron chi connectivity index (χ0n) is 6.59. The van der Waals surface area contributed by atoms with Gasteiger partial charge in [-0.25, -0.2) is 0 Å². The molecule has 0 aliphatic carbocycles. The van der Waals surface area contributed by atoms with Crippen molar-refractivity contribution in [1.29, 1.82) is 5.26 Å². The fourth-order valence-corrected chi connectivity index (χ4v) is 0.604. The highest BCUT2D eigenvalue weighted by Gasteiger charge is 1.97. The fourth-order valence-electron chi connectivity index (χ4n) is 0.604. The molecule has 0 aromatic rings. The van der Waals surface area contributed by atoms with Gasteiger partial charge in [0.25, 0.3) is 0 Å². The predicted molar refractivity (Wildman–Crippen MR) is 39.7 cm³/mol. The fraction of sp³-hybridized carbons (Fsp3) is 0.714. The van der Waals surface area contributed by atoms with E-state index in [2.05, 4.69) is 5.32 Å². The summed E-state index contributed by atoms with van der Waals surface area (Å²) in [5.41, 5.74) is 0. The zero-order valence-corrected chi connectivity index (χ0v) is 6.59. The van der Waals surface area contributed by atoms with Crippen LogP contribution in [0.15, 0.2) is 0 Å². The van der Waals surface area contributed by atoms with E-state index in [1.165, 1.54) is 0 Å². The molecule has 62 valence electrons. The van der Waals surface area contributed by atoms with E-state index in [-0.39, 0.29) is 12.5 Å². The third kappa shape index (κ3) is 6.81. The first kappa shape index (κ1) is 9.92. The molecule has 0 radical (unpaired) electrons. The van der Waals surface area contributed by atoms with Crippen molar-refractivity contribution in [3.05, 3.63) is 0 Å². The Hall–Kier alpha value is -1.08. The summed E-state index contributed by atoms with van der Waals surface area (Å²) in [6.07, 6.45) is 1.13. The van der Waals surface area contributed by atoms with Crippen LogP contribution in [0.5, 0.6) is 0 Å². The summed E-state index contributed by atoms with van der Waals surface area (Å²) in [4.78, 5) is 10.8. The quantitative estimate of drug-likeness (QED) is 0.452. The normalized spacial score (nSPS) is 8.73. The van der Waals surface area contributed by atoms with Gasteiger partial charge >= 0.3 is 0 Å². The highest BCUT2D eigenvalue weighted by molar-refractivity contribution is 5.75. The minimum atomic E-state index is -0.0939. The van der Waals surface area contributed by atoms with Gasteiger partial charge in [-0.2, -0.15) is 5.26 Å². The number of carbonyl (C=O) groups is 1. The molecule has 1 N–H and O–H groups in total. The summed E-state index contributed by atoms with van der Waals surface area (Å²) in [5, 5.41) is 10.5. The van der Waals surface area contributed by atoms with E-state index in [0.29, 0.717) is 19.4 Å². The molecule has 4 heteroatoms. The van der Waals surface area contributed by atoms with Crippen LogP contribution in [0.1, 0.15) is 12.8 Å². The Morgan fingerprint density at radius 3 is 3.00 bits per heavy atom. The molecule has 0 spiro atoms. The Morgan fingerprint density at radius 2 is 2.45 bits per heavy atom. The lowest BCUT2D eigenvalue weighted by atomic mass is 10.3. The number of nitrogens with one attached hydrogen (secondary N) is 1. The molecule has 11 heavy (non-hydrogen) atoms. The summed E-state index contributed by atoms with van der Waals surface area (Å²) >= 11 is 0. The second-order valence-corrected chi connectivity index (χ2v) is 2.03. The second-order valence-electron chi connectivity index (χ2n) is 2.03. The van der Waals surface area contributed by atoms with Gasteiger partial charge in [-0.1, -0.05) is 0 Å². The lowest BCUT2D eigenvalue weighted by molar-refractivity contribution is -0.121. The lowest BCUT2D eigenvalue weighted by Crippen LogP contribution is -2.23. The van der Waals surface area contributed by atoms with Gasteiger partial charge in [-0.05, 0) is 6.42 Å². The third-order valence-corrected chi connectivity index (χ3v) is 1.12. The van der Waals surface area contributed by atoms with E-state index in [1.807, 2.05) is 6.07 Å². The molecule has 4 nitrogen and oxygen atoms in total. The number of ether oxygens (including phenoxy) is 1. The highest BCUT2D eigenvalue weighted by atomic mass is 16.5. The molecule has 0 rings (SSSR count). The van der Waals surface area contributed by atoms with Crippen molar-refractivity contribution in [1.82, 2.24) is 5.32 Å². The molecule has 0 aliphatic rings. The SMILES string of the molecule is COCCCC(=O)NCC#N. The average Bonchev–Trinajstić information content (AvgIpc) is 2.01. The Balaban J connectivity index is 3.17. The summed E-state index contributed by atoms with van der Waals surface area (Å²) in [7, 11) is 1.59. The van der Waals surface area contributed by atoms with Crippen molar-refractivity contribution in [3.8, 4) is 6.07 Å². The monoisotopic (exact) mass is 156 g/mol. The van der Waals surface area contributed by atoms with E-state index in [1.54, 1.807) is 7.11 Å². The molecule has 0 heterocycles. The number of carbonyl (C=O) groups excluding carboxylic acids is 1. The van der Waals surface area contributed by atoms with E-state index >= 15 is 0 Å². The van der Waals surface area contributed by atoms with Gasteiger partial charge in [0.1, 0.15) is 6.54 Å². The van der Waals surface area contributed by atoms with Crippen LogP contribution in [-0.4, -0.2) is 26.2 Å². The summed E-state index contributed by atoms with van der Waals surface area (Å²) in [5.74, 6) is -0.0939. The molecule has 0 aliphatic heterocycles. The number of amides is 1. The van der Waals surface area contributed by atoms with Crippen LogP contribution < -0.4 is 5.32 Å². The standard InChI is InChI=1S/C7H12N2O2/c1-11-6-2-3-7(10)9-5-4-8/h2-3,5-6H2,1H3,(H,9,10). The van der Waals surface area contributed by atoms with Crippen molar-refractivity contribution in [2.75, 3.05) is 20.3 Å². The minimum Gasteiger partial charge on any atom is -0.385 e. The number of hydrogen-bond donors (Lipinski definition) is 1. The van der Waals surface area contributed by atoms with Gasteiger partial charge in [-0.3, -0.25) is 4.79 Å². The van der Waals surface area contributed by atoms with Crippen molar-refractivity contribution in [3.63, 3.8) is 0 Å². The molecule has 0 bridgehead atoms. The van der Waals surface area contributed by atoms with Crippen molar-refractivity contribution in [2.24, 2.45) is 0 Å². The van der Waals surface area contributed by atoms with Gasteiger partial charge in [0, 0.05) is 20.1 Å². The van der Waals surface area contributed by atoms with Gasteiger partial charge in [0.15, 0.2) is 0 Å². The van der Waals surface area contributed by atoms with Crippen molar-refractivity contribution < 1.29 is 9.53 Å². The molecular weight excluding hydrogens is 144 g/mol.